The van der Waals surface area contributed by atoms with Crippen LogP contribution in [0.2, 0.25) is 0 Å². The molecule has 1 aromatic heterocycles. The number of ether oxygens (including phenoxy) is 2. The summed E-state index contributed by atoms with van der Waals surface area (Å²) in [6, 6.07) is 14.0. The fraction of sp³-hybridized carbons (Fsp3) is 0.321. The quantitative estimate of drug-likeness (QED) is 0.484. The van der Waals surface area contributed by atoms with E-state index in [-0.39, 0.29) is 18.8 Å². The minimum atomic E-state index is -4.40. The second-order valence-electron chi connectivity index (χ2n) is 9.24. The van der Waals surface area contributed by atoms with Crippen molar-refractivity contribution in [2.45, 2.75) is 32.2 Å². The minimum absolute atomic E-state index is 0.0659. The van der Waals surface area contributed by atoms with Gasteiger partial charge in [-0.3, -0.25) is 4.98 Å². The van der Waals surface area contributed by atoms with Crippen LogP contribution in [0.25, 0.3) is 27.6 Å². The highest BCUT2D eigenvalue weighted by molar-refractivity contribution is 5.98. The monoisotopic (exact) mass is 495 g/mol. The molecule has 0 spiro atoms. The molecule has 8 heteroatoms. The van der Waals surface area contributed by atoms with Gasteiger partial charge in [0.25, 0.3) is 0 Å². The maximum atomic E-state index is 13.0. The van der Waals surface area contributed by atoms with Crippen LogP contribution in [0.5, 0.6) is 5.75 Å². The summed E-state index contributed by atoms with van der Waals surface area (Å²) in [6.07, 6.45) is 0.301. The number of nitrogens with zero attached hydrogens (tertiary/aromatic N) is 2. The molecule has 188 valence electrons. The van der Waals surface area contributed by atoms with E-state index in [0.717, 1.165) is 52.5 Å². The molecule has 0 bridgehead atoms. The first kappa shape index (κ1) is 24.2. The van der Waals surface area contributed by atoms with E-state index in [2.05, 4.69) is 48.3 Å². The highest BCUT2D eigenvalue weighted by atomic mass is 19.4. The summed E-state index contributed by atoms with van der Waals surface area (Å²) in [5, 5.41) is 3.28. The number of morpholine rings is 1. The third-order valence-corrected chi connectivity index (χ3v) is 6.59. The SMILES string of the molecule is COc1c(-c2ccc(N3C[C@@H](C)O[C@@H](C)C3)cc2)cnc2c(C3=CC=C(C(F)(F)F)NC3)cccc12. The first-order chi connectivity index (χ1) is 17.2. The van der Waals surface area contributed by atoms with Gasteiger partial charge < -0.3 is 19.7 Å². The first-order valence-corrected chi connectivity index (χ1v) is 11.9. The molecule has 2 atom stereocenters. The molecule has 0 radical (unpaired) electrons. The van der Waals surface area contributed by atoms with Gasteiger partial charge in [0.15, 0.2) is 0 Å². The van der Waals surface area contributed by atoms with Gasteiger partial charge in [-0.25, -0.2) is 0 Å². The normalized spacial score (nSPS) is 20.6. The van der Waals surface area contributed by atoms with E-state index in [0.29, 0.717) is 11.3 Å². The maximum Gasteiger partial charge on any atom is 0.430 e. The van der Waals surface area contributed by atoms with Crippen LogP contribution in [0.1, 0.15) is 19.4 Å². The fourth-order valence-corrected chi connectivity index (χ4v) is 5.00. The number of allylic oxidation sites excluding steroid dienone is 3. The number of anilines is 1. The number of rotatable bonds is 4. The number of fused-ring (bicyclic) bond motifs is 1. The summed E-state index contributed by atoms with van der Waals surface area (Å²) in [4.78, 5) is 7.05. The minimum Gasteiger partial charge on any atom is -0.495 e. The van der Waals surface area contributed by atoms with Gasteiger partial charge in [0.1, 0.15) is 11.4 Å². The molecule has 2 aromatic carbocycles. The van der Waals surface area contributed by atoms with Crippen molar-refractivity contribution in [1.82, 2.24) is 10.3 Å². The predicted octanol–water partition coefficient (Wildman–Crippen LogP) is 5.96. The molecule has 1 N–H and O–H groups in total. The van der Waals surface area contributed by atoms with E-state index in [1.807, 2.05) is 18.2 Å². The van der Waals surface area contributed by atoms with Crippen molar-refractivity contribution in [3.63, 3.8) is 0 Å². The number of methoxy groups -OCH3 is 1. The molecule has 0 saturated carbocycles. The number of pyridine rings is 1. The lowest BCUT2D eigenvalue weighted by Gasteiger charge is -2.36. The molecule has 1 saturated heterocycles. The highest BCUT2D eigenvalue weighted by Crippen LogP contribution is 2.39. The molecular formula is C28H28F3N3O2. The van der Waals surface area contributed by atoms with E-state index < -0.39 is 11.9 Å². The summed E-state index contributed by atoms with van der Waals surface area (Å²) in [5.41, 5.74) is 4.40. The largest absolute Gasteiger partial charge is 0.495 e. The first-order valence-electron chi connectivity index (χ1n) is 11.9. The standard InChI is InChI=1S/C28H28F3N3O2/c1-17-15-34(16-18(2)36-17)21-10-7-19(8-11-21)24-14-33-26-22(5-4-6-23(26)27(24)35-3)20-9-12-25(32-13-20)28(29,30)31/h4-12,14,17-18,32H,13,15-16H2,1-3H3/t17-,18+. The number of halogens is 3. The Balaban J connectivity index is 1.49. The number of hydrogen-bond donors (Lipinski definition) is 1. The number of para-hydroxylation sites is 1. The van der Waals surface area contributed by atoms with Gasteiger partial charge in [0.2, 0.25) is 0 Å². The molecular weight excluding hydrogens is 467 g/mol. The average Bonchev–Trinajstić information content (AvgIpc) is 2.86. The van der Waals surface area contributed by atoms with Crippen LogP contribution in [0.3, 0.4) is 0 Å². The Hall–Kier alpha value is -3.52. The van der Waals surface area contributed by atoms with E-state index in [1.54, 1.807) is 13.3 Å². The Morgan fingerprint density at radius 2 is 1.72 bits per heavy atom. The zero-order valence-corrected chi connectivity index (χ0v) is 20.4. The van der Waals surface area contributed by atoms with Crippen LogP contribution < -0.4 is 15.0 Å². The summed E-state index contributed by atoms with van der Waals surface area (Å²) >= 11 is 0. The molecule has 2 aliphatic rings. The third kappa shape index (κ3) is 4.65. The molecule has 5 nitrogen and oxygen atoms in total. The summed E-state index contributed by atoms with van der Waals surface area (Å²) in [7, 11) is 1.62. The fourth-order valence-electron chi connectivity index (χ4n) is 5.00. The number of nitrogens with one attached hydrogen (secondary N) is 1. The predicted molar refractivity (Wildman–Crippen MR) is 136 cm³/mol. The number of dihydropyridines is 1. The number of alkyl halides is 3. The van der Waals surface area contributed by atoms with Crippen LogP contribution in [-0.2, 0) is 4.74 Å². The van der Waals surface area contributed by atoms with Gasteiger partial charge in [0.05, 0.1) is 24.8 Å². The molecule has 1 fully saturated rings. The van der Waals surface area contributed by atoms with Crippen molar-refractivity contribution in [2.24, 2.45) is 0 Å². The lowest BCUT2D eigenvalue weighted by Crippen LogP contribution is -2.45. The Morgan fingerprint density at radius 3 is 2.33 bits per heavy atom. The second kappa shape index (κ2) is 9.50. The van der Waals surface area contributed by atoms with Gasteiger partial charge >= 0.3 is 6.18 Å². The van der Waals surface area contributed by atoms with Crippen molar-refractivity contribution < 1.29 is 22.6 Å². The van der Waals surface area contributed by atoms with Crippen LogP contribution in [0.15, 0.2) is 66.5 Å². The molecule has 3 aromatic rings. The smallest absolute Gasteiger partial charge is 0.430 e. The van der Waals surface area contributed by atoms with Gasteiger partial charge in [-0.2, -0.15) is 13.2 Å². The Morgan fingerprint density at radius 1 is 1.00 bits per heavy atom. The molecule has 0 amide bonds. The van der Waals surface area contributed by atoms with Crippen molar-refractivity contribution in [3.05, 3.63) is 72.1 Å². The van der Waals surface area contributed by atoms with Crippen molar-refractivity contribution in [3.8, 4) is 16.9 Å². The number of hydrogen-bond acceptors (Lipinski definition) is 5. The Labute approximate surface area is 208 Å². The van der Waals surface area contributed by atoms with Crippen LogP contribution >= 0.6 is 0 Å². The second-order valence-corrected chi connectivity index (χ2v) is 9.24. The molecule has 2 aliphatic heterocycles. The Bertz CT molecular complexity index is 1320. The van der Waals surface area contributed by atoms with E-state index in [9.17, 15) is 13.2 Å². The van der Waals surface area contributed by atoms with Crippen molar-refractivity contribution in [2.75, 3.05) is 31.6 Å². The van der Waals surface area contributed by atoms with Gasteiger partial charge in [-0.05, 0) is 49.3 Å². The van der Waals surface area contributed by atoms with Crippen LogP contribution in [0, 0.1) is 0 Å². The molecule has 3 heterocycles. The number of aromatic nitrogens is 1. The third-order valence-electron chi connectivity index (χ3n) is 6.59. The summed E-state index contributed by atoms with van der Waals surface area (Å²) in [6.45, 7) is 5.93. The highest BCUT2D eigenvalue weighted by Gasteiger charge is 2.34. The molecule has 5 rings (SSSR count). The zero-order chi connectivity index (χ0) is 25.4. The zero-order valence-electron chi connectivity index (χ0n) is 20.4. The lowest BCUT2D eigenvalue weighted by atomic mass is 9.97. The summed E-state index contributed by atoms with van der Waals surface area (Å²) < 4.78 is 50.7. The lowest BCUT2D eigenvalue weighted by molar-refractivity contribution is -0.0964. The van der Waals surface area contributed by atoms with Crippen molar-refractivity contribution >= 4 is 22.2 Å². The topological polar surface area (TPSA) is 46.6 Å². The van der Waals surface area contributed by atoms with E-state index in [1.165, 1.54) is 6.08 Å². The van der Waals surface area contributed by atoms with Gasteiger partial charge in [-0.1, -0.05) is 30.3 Å². The Kier molecular flexibility index (Phi) is 6.38. The van der Waals surface area contributed by atoms with Gasteiger partial charge in [-0.15, -0.1) is 0 Å². The summed E-state index contributed by atoms with van der Waals surface area (Å²) in [5.74, 6) is 0.680. The van der Waals surface area contributed by atoms with Crippen LogP contribution in [-0.4, -0.2) is 50.1 Å². The molecule has 0 unspecified atom stereocenters. The molecule has 36 heavy (non-hydrogen) atoms. The van der Waals surface area contributed by atoms with Crippen molar-refractivity contribution in [1.29, 1.82) is 0 Å². The van der Waals surface area contributed by atoms with E-state index >= 15 is 0 Å². The number of benzene rings is 2. The van der Waals surface area contributed by atoms with E-state index in [4.69, 9.17) is 14.5 Å². The maximum absolute atomic E-state index is 13.0. The van der Waals surface area contributed by atoms with Crippen LogP contribution in [0.4, 0.5) is 18.9 Å². The van der Waals surface area contributed by atoms with Gasteiger partial charge in [0, 0.05) is 48.0 Å². The molecule has 0 aliphatic carbocycles. The average molecular weight is 496 g/mol.